The first-order chi connectivity index (χ1) is 17.9. The number of ether oxygens (including phenoxy) is 1. The van der Waals surface area contributed by atoms with Crippen LogP contribution in [0.4, 0.5) is 11.5 Å². The fraction of sp³-hybridized carbons (Fsp3) is 0.500. The lowest BCUT2D eigenvalue weighted by Crippen LogP contribution is -2.41. The number of amides is 1. The van der Waals surface area contributed by atoms with E-state index in [2.05, 4.69) is 50.3 Å². The smallest absolute Gasteiger partial charge is 0.532 e. The minimum Gasteiger partial charge on any atom is -0.532 e. The number of hydrogen-bond donors (Lipinski definition) is 3. The van der Waals surface area contributed by atoms with Crippen LogP contribution in [-0.2, 0) is 9.16 Å². The SMILES string of the molecule is CC(C)(C)[Si](C)(C)OCCC1=Cc2cc(Nc3nn([C@H]4COCC[C@@H]4C#N)cc3C(N)=O)ccc2OB1O. The predicted octanol–water partition coefficient (Wildman–Crippen LogP) is 4.03. The summed E-state index contributed by atoms with van der Waals surface area (Å²) in [6.07, 6.45) is 4.62. The van der Waals surface area contributed by atoms with E-state index in [9.17, 15) is 15.1 Å². The summed E-state index contributed by atoms with van der Waals surface area (Å²) >= 11 is 0. The Hall–Kier alpha value is -3.11. The van der Waals surface area contributed by atoms with Crippen LogP contribution in [0.15, 0.2) is 29.9 Å². The van der Waals surface area contributed by atoms with Crippen molar-refractivity contribution in [3.8, 4) is 11.8 Å². The highest BCUT2D eigenvalue weighted by Gasteiger charge is 2.37. The van der Waals surface area contributed by atoms with Gasteiger partial charge in [0.15, 0.2) is 14.1 Å². The van der Waals surface area contributed by atoms with E-state index in [0.717, 1.165) is 11.0 Å². The van der Waals surface area contributed by atoms with E-state index in [1.807, 2.05) is 12.1 Å². The first kappa shape index (κ1) is 27.9. The molecule has 0 bridgehead atoms. The molecule has 1 saturated heterocycles. The number of carbonyl (C=O) groups excluding carboxylic acids is 1. The summed E-state index contributed by atoms with van der Waals surface area (Å²) in [5, 5.41) is 27.9. The summed E-state index contributed by atoms with van der Waals surface area (Å²) in [4.78, 5) is 12.2. The summed E-state index contributed by atoms with van der Waals surface area (Å²) < 4.78 is 19.2. The largest absolute Gasteiger partial charge is 0.555 e. The van der Waals surface area contributed by atoms with Gasteiger partial charge in [-0.25, -0.2) is 0 Å². The maximum atomic E-state index is 12.2. The lowest BCUT2D eigenvalue weighted by atomic mass is 9.74. The van der Waals surface area contributed by atoms with Gasteiger partial charge in [-0.3, -0.25) is 9.48 Å². The Balaban J connectivity index is 1.53. The van der Waals surface area contributed by atoms with Crippen LogP contribution in [0.5, 0.6) is 5.75 Å². The number of fused-ring (bicyclic) bond motifs is 1. The first-order valence-corrected chi connectivity index (χ1v) is 15.8. The molecule has 0 aliphatic carbocycles. The van der Waals surface area contributed by atoms with E-state index in [1.54, 1.807) is 23.0 Å². The van der Waals surface area contributed by atoms with E-state index >= 15 is 0 Å². The van der Waals surface area contributed by atoms with Gasteiger partial charge in [-0.15, -0.1) is 0 Å². The maximum absolute atomic E-state index is 12.2. The molecule has 4 N–H and O–H groups in total. The number of nitrogens with one attached hydrogen (secondary N) is 1. The van der Waals surface area contributed by atoms with Crippen LogP contribution in [0.25, 0.3) is 6.08 Å². The van der Waals surface area contributed by atoms with Gasteiger partial charge in [0.25, 0.3) is 5.91 Å². The number of hydrogen-bond acceptors (Lipinski definition) is 8. The molecule has 12 heteroatoms. The van der Waals surface area contributed by atoms with Crippen LogP contribution in [-0.4, -0.2) is 56.0 Å². The zero-order chi connectivity index (χ0) is 27.7. The standard InChI is InChI=1S/C26H36BN5O5Si/c1-26(2,3)38(4,5)36-11-9-19-12-18-13-20(6-7-23(18)37-27(19)34)30-25-21(24(29)33)15-32(31-25)22-16-35-10-8-17(22)14-28/h6-7,12-13,15,17,22,34H,8-11,16H2,1-5H3,(H2,29,33)(H,30,31)/t17-,22+/m1/s1. The van der Waals surface area contributed by atoms with E-state index in [0.29, 0.717) is 49.9 Å². The normalized spacial score (nSPS) is 19.7. The van der Waals surface area contributed by atoms with Crippen molar-refractivity contribution in [2.45, 2.75) is 57.8 Å². The molecule has 3 heterocycles. The molecule has 202 valence electrons. The molecule has 1 aromatic heterocycles. The number of carbonyl (C=O) groups is 1. The fourth-order valence-corrected chi connectivity index (χ4v) is 5.30. The highest BCUT2D eigenvalue weighted by atomic mass is 28.4. The van der Waals surface area contributed by atoms with Crippen molar-refractivity contribution in [1.82, 2.24) is 9.78 Å². The van der Waals surface area contributed by atoms with Gasteiger partial charge in [-0.1, -0.05) is 26.8 Å². The second kappa shape index (κ2) is 10.9. The molecular formula is C26H36BN5O5Si. The second-order valence-corrected chi connectivity index (χ2v) is 16.1. The van der Waals surface area contributed by atoms with Crippen molar-refractivity contribution < 1.29 is 23.6 Å². The molecule has 0 radical (unpaired) electrons. The van der Waals surface area contributed by atoms with Crippen molar-refractivity contribution in [2.24, 2.45) is 11.7 Å². The summed E-state index contributed by atoms with van der Waals surface area (Å²) in [5.74, 6) is -0.0523. The van der Waals surface area contributed by atoms with Crippen LogP contribution in [0, 0.1) is 17.2 Å². The molecule has 4 rings (SSSR count). The van der Waals surface area contributed by atoms with Crippen LogP contribution in [0.2, 0.25) is 18.1 Å². The molecule has 0 spiro atoms. The van der Waals surface area contributed by atoms with E-state index < -0.39 is 21.3 Å². The van der Waals surface area contributed by atoms with Gasteiger partial charge in [0, 0.05) is 30.7 Å². The number of nitrogens with zero attached hydrogens (tertiary/aromatic N) is 3. The molecule has 2 aromatic rings. The molecular weight excluding hydrogens is 501 g/mol. The second-order valence-electron chi connectivity index (χ2n) is 11.3. The lowest BCUT2D eigenvalue weighted by molar-refractivity contribution is 0.0342. The van der Waals surface area contributed by atoms with Crippen LogP contribution in [0.3, 0.4) is 0 Å². The zero-order valence-corrected chi connectivity index (χ0v) is 23.7. The Morgan fingerprint density at radius 2 is 2.18 bits per heavy atom. The van der Waals surface area contributed by atoms with Gasteiger partial charge >= 0.3 is 7.12 Å². The molecule has 0 saturated carbocycles. The molecule has 10 nitrogen and oxygen atoms in total. The third kappa shape index (κ3) is 5.96. The van der Waals surface area contributed by atoms with Crippen molar-refractivity contribution in [2.75, 3.05) is 25.1 Å². The fourth-order valence-electron chi connectivity index (χ4n) is 4.25. The summed E-state index contributed by atoms with van der Waals surface area (Å²) in [5.41, 5.74) is 8.03. The van der Waals surface area contributed by atoms with Gasteiger partial charge in [-0.2, -0.15) is 10.4 Å². The molecule has 2 aliphatic rings. The van der Waals surface area contributed by atoms with Gasteiger partial charge in [-0.05, 0) is 54.6 Å². The Kier molecular flexibility index (Phi) is 8.04. The van der Waals surface area contributed by atoms with E-state index in [1.165, 1.54) is 0 Å². The van der Waals surface area contributed by atoms with E-state index in [-0.39, 0.29) is 22.6 Å². The number of nitrogens with two attached hydrogens (primary N) is 1. The Morgan fingerprint density at radius 3 is 2.87 bits per heavy atom. The Morgan fingerprint density at radius 1 is 1.42 bits per heavy atom. The van der Waals surface area contributed by atoms with Gasteiger partial charge < -0.3 is 29.9 Å². The summed E-state index contributed by atoms with van der Waals surface area (Å²) in [6, 6.07) is 7.39. The molecule has 38 heavy (non-hydrogen) atoms. The van der Waals surface area contributed by atoms with Crippen molar-refractivity contribution in [3.05, 3.63) is 41.0 Å². The molecule has 1 amide bonds. The van der Waals surface area contributed by atoms with Crippen molar-refractivity contribution in [3.63, 3.8) is 0 Å². The lowest BCUT2D eigenvalue weighted by Gasteiger charge is -2.36. The van der Waals surface area contributed by atoms with Gasteiger partial charge in [0.2, 0.25) is 0 Å². The Bertz CT molecular complexity index is 1270. The highest BCUT2D eigenvalue weighted by Crippen LogP contribution is 2.37. The quantitative estimate of drug-likeness (QED) is 0.428. The minimum atomic E-state index is -1.90. The summed E-state index contributed by atoms with van der Waals surface area (Å²) in [6.45, 7) is 12.3. The number of rotatable bonds is 8. The first-order valence-electron chi connectivity index (χ1n) is 12.9. The molecule has 2 atom stereocenters. The predicted molar refractivity (Wildman–Crippen MR) is 148 cm³/mol. The minimum absolute atomic E-state index is 0.104. The number of aromatic nitrogens is 2. The molecule has 0 unspecified atom stereocenters. The third-order valence-electron chi connectivity index (χ3n) is 7.66. The van der Waals surface area contributed by atoms with Crippen molar-refractivity contribution >= 4 is 38.9 Å². The maximum Gasteiger partial charge on any atom is 0.555 e. The number of primary amides is 1. The highest BCUT2D eigenvalue weighted by molar-refractivity contribution is 6.74. The van der Waals surface area contributed by atoms with Crippen molar-refractivity contribution in [1.29, 1.82) is 5.26 Å². The monoisotopic (exact) mass is 537 g/mol. The molecule has 1 fully saturated rings. The topological polar surface area (TPSA) is 145 Å². The van der Waals surface area contributed by atoms with Crippen LogP contribution < -0.4 is 15.7 Å². The summed E-state index contributed by atoms with van der Waals surface area (Å²) in [7, 11) is -2.93. The third-order valence-corrected chi connectivity index (χ3v) is 12.2. The molecule has 2 aliphatic heterocycles. The van der Waals surface area contributed by atoms with Crippen LogP contribution >= 0.6 is 0 Å². The number of nitriles is 1. The number of anilines is 2. The number of benzene rings is 1. The van der Waals surface area contributed by atoms with E-state index in [4.69, 9.17) is 19.6 Å². The average molecular weight is 538 g/mol. The van der Waals surface area contributed by atoms with Gasteiger partial charge in [0.05, 0.1) is 24.6 Å². The van der Waals surface area contributed by atoms with Crippen LogP contribution in [0.1, 0.15) is 55.6 Å². The zero-order valence-electron chi connectivity index (χ0n) is 22.7. The Labute approximate surface area is 225 Å². The van der Waals surface area contributed by atoms with Gasteiger partial charge in [0.1, 0.15) is 11.3 Å². The molecule has 1 aromatic carbocycles. The average Bonchev–Trinajstić information content (AvgIpc) is 3.27.